The molecule has 0 radical (unpaired) electrons. The Labute approximate surface area is 117 Å². The Balaban J connectivity index is 2.07. The molecule has 1 N–H and O–H groups in total. The van der Waals surface area contributed by atoms with Crippen LogP contribution in [0.5, 0.6) is 5.75 Å². The van der Waals surface area contributed by atoms with Gasteiger partial charge in [-0.15, -0.1) is 11.3 Å². The summed E-state index contributed by atoms with van der Waals surface area (Å²) >= 11 is 1.53. The lowest BCUT2D eigenvalue weighted by molar-refractivity contribution is 0.284. The Morgan fingerprint density at radius 1 is 1.21 bits per heavy atom. The van der Waals surface area contributed by atoms with Crippen molar-refractivity contribution in [2.24, 2.45) is 0 Å². The van der Waals surface area contributed by atoms with Gasteiger partial charge in [-0.2, -0.15) is 0 Å². The van der Waals surface area contributed by atoms with Gasteiger partial charge >= 0.3 is 0 Å². The number of hydrogen-bond donors (Lipinski definition) is 1. The third-order valence-corrected chi connectivity index (χ3v) is 3.91. The molecule has 1 heterocycles. The maximum atomic E-state index is 9.25. The van der Waals surface area contributed by atoms with Gasteiger partial charge in [-0.25, -0.2) is 4.98 Å². The van der Waals surface area contributed by atoms with Crippen molar-refractivity contribution in [3.8, 4) is 5.75 Å². The fourth-order valence-electron chi connectivity index (χ4n) is 2.06. The van der Waals surface area contributed by atoms with Gasteiger partial charge in [0.15, 0.2) is 0 Å². The maximum Gasteiger partial charge on any atom is 0.140 e. The molecule has 0 spiro atoms. The van der Waals surface area contributed by atoms with Gasteiger partial charge in [-0.1, -0.05) is 13.0 Å². The lowest BCUT2D eigenvalue weighted by atomic mass is 10.1. The third kappa shape index (κ3) is 3.55. The van der Waals surface area contributed by atoms with Gasteiger partial charge in [-0.3, -0.25) is 0 Å². The average molecular weight is 277 g/mol. The van der Waals surface area contributed by atoms with Crippen LogP contribution >= 0.6 is 11.3 Å². The molecule has 1 aromatic heterocycles. The normalized spacial score (nSPS) is 10.7. The topological polar surface area (TPSA) is 42.4 Å². The number of thiazole rings is 1. The number of aliphatic hydroxyl groups is 1. The first kappa shape index (κ1) is 14.0. The Kier molecular flexibility index (Phi) is 4.56. The largest absolute Gasteiger partial charge is 0.486 e. The fraction of sp³-hybridized carbons (Fsp3) is 0.400. The van der Waals surface area contributed by atoms with Crippen molar-refractivity contribution in [2.75, 3.05) is 0 Å². The van der Waals surface area contributed by atoms with E-state index in [-0.39, 0.29) is 6.61 Å². The lowest BCUT2D eigenvalue weighted by Gasteiger charge is -2.06. The van der Waals surface area contributed by atoms with E-state index in [2.05, 4.69) is 24.9 Å². The minimum atomic E-state index is 0.0599. The highest BCUT2D eigenvalue weighted by Crippen LogP contribution is 2.22. The summed E-state index contributed by atoms with van der Waals surface area (Å²) < 4.78 is 5.78. The van der Waals surface area contributed by atoms with Crippen molar-refractivity contribution < 1.29 is 9.84 Å². The quantitative estimate of drug-likeness (QED) is 0.911. The van der Waals surface area contributed by atoms with E-state index >= 15 is 0 Å². The number of aromatic nitrogens is 1. The molecule has 102 valence electrons. The molecule has 0 bridgehead atoms. The van der Waals surface area contributed by atoms with Crippen molar-refractivity contribution in [1.29, 1.82) is 0 Å². The zero-order valence-corrected chi connectivity index (χ0v) is 12.4. The molecule has 0 aliphatic carbocycles. The van der Waals surface area contributed by atoms with Gasteiger partial charge in [0.1, 0.15) is 17.4 Å². The zero-order chi connectivity index (χ0) is 13.8. The van der Waals surface area contributed by atoms with Crippen molar-refractivity contribution in [1.82, 2.24) is 4.98 Å². The van der Waals surface area contributed by atoms with E-state index in [0.717, 1.165) is 27.7 Å². The van der Waals surface area contributed by atoms with Crippen LogP contribution in [0.15, 0.2) is 18.2 Å². The zero-order valence-electron chi connectivity index (χ0n) is 11.6. The summed E-state index contributed by atoms with van der Waals surface area (Å²) in [6.07, 6.45) is 0.843. The van der Waals surface area contributed by atoms with Crippen LogP contribution in [-0.4, -0.2) is 10.1 Å². The number of hydrogen-bond acceptors (Lipinski definition) is 4. The molecule has 0 fully saturated rings. The molecule has 0 saturated heterocycles. The van der Waals surface area contributed by atoms with E-state index in [1.54, 1.807) is 0 Å². The second kappa shape index (κ2) is 6.17. The predicted octanol–water partition coefficient (Wildman–Crippen LogP) is 3.39. The van der Waals surface area contributed by atoms with Crippen molar-refractivity contribution in [2.45, 2.75) is 40.4 Å². The number of rotatable bonds is 5. The molecule has 0 amide bonds. The molecule has 1 aromatic carbocycles. The third-order valence-electron chi connectivity index (χ3n) is 2.86. The summed E-state index contributed by atoms with van der Waals surface area (Å²) in [5, 5.41) is 10.2. The van der Waals surface area contributed by atoms with Gasteiger partial charge in [0.25, 0.3) is 0 Å². The van der Waals surface area contributed by atoms with E-state index in [4.69, 9.17) is 4.74 Å². The number of nitrogens with zero attached hydrogens (tertiary/aromatic N) is 1. The van der Waals surface area contributed by atoms with E-state index in [1.807, 2.05) is 19.1 Å². The summed E-state index contributed by atoms with van der Waals surface area (Å²) in [4.78, 5) is 5.44. The van der Waals surface area contributed by atoms with Gasteiger partial charge in [0.2, 0.25) is 0 Å². The van der Waals surface area contributed by atoms with Crippen LogP contribution in [-0.2, 0) is 19.6 Å². The Morgan fingerprint density at radius 3 is 2.42 bits per heavy atom. The molecule has 2 rings (SSSR count). The molecule has 19 heavy (non-hydrogen) atoms. The minimum absolute atomic E-state index is 0.0599. The van der Waals surface area contributed by atoms with E-state index in [9.17, 15) is 5.11 Å². The first-order valence-corrected chi connectivity index (χ1v) is 7.23. The predicted molar refractivity (Wildman–Crippen MR) is 77.7 cm³/mol. The summed E-state index contributed by atoms with van der Waals surface area (Å²) in [6.45, 7) is 6.68. The molecule has 0 unspecified atom stereocenters. The summed E-state index contributed by atoms with van der Waals surface area (Å²) in [5.41, 5.74) is 3.37. The smallest absolute Gasteiger partial charge is 0.140 e. The first-order valence-electron chi connectivity index (χ1n) is 6.41. The van der Waals surface area contributed by atoms with Gasteiger partial charge < -0.3 is 9.84 Å². The van der Waals surface area contributed by atoms with Crippen LogP contribution in [0.1, 0.15) is 33.6 Å². The van der Waals surface area contributed by atoms with E-state index < -0.39 is 0 Å². The van der Waals surface area contributed by atoms with Crippen molar-refractivity contribution in [3.05, 3.63) is 44.9 Å². The number of aryl methyl sites for hydroxylation is 3. The average Bonchev–Trinajstić information content (AvgIpc) is 2.77. The Hall–Kier alpha value is -1.39. The minimum Gasteiger partial charge on any atom is -0.486 e. The van der Waals surface area contributed by atoms with Crippen LogP contribution in [0.25, 0.3) is 0 Å². The molecule has 0 saturated carbocycles. The summed E-state index contributed by atoms with van der Waals surface area (Å²) in [6, 6.07) is 6.16. The number of aliphatic hydroxyl groups excluding tert-OH is 1. The van der Waals surface area contributed by atoms with Crippen LogP contribution in [0.4, 0.5) is 0 Å². The maximum absolute atomic E-state index is 9.25. The second-order valence-electron chi connectivity index (χ2n) is 4.60. The second-order valence-corrected chi connectivity index (χ2v) is 5.77. The molecule has 2 aromatic rings. The molecule has 4 heteroatoms. The molecular formula is C15H19NO2S. The lowest BCUT2D eigenvalue weighted by Crippen LogP contribution is -1.96. The van der Waals surface area contributed by atoms with Gasteiger partial charge in [0, 0.05) is 0 Å². The molecular weight excluding hydrogens is 258 g/mol. The fourth-order valence-corrected chi connectivity index (χ4v) is 2.99. The number of ether oxygens (including phenoxy) is 1. The highest BCUT2D eigenvalue weighted by molar-refractivity contribution is 7.11. The Bertz CT molecular complexity index is 522. The summed E-state index contributed by atoms with van der Waals surface area (Å²) in [5.74, 6) is 0.872. The van der Waals surface area contributed by atoms with Crippen LogP contribution in [0.3, 0.4) is 0 Å². The highest BCUT2D eigenvalue weighted by Gasteiger charge is 2.09. The Morgan fingerprint density at radius 2 is 1.89 bits per heavy atom. The van der Waals surface area contributed by atoms with Crippen molar-refractivity contribution >= 4 is 11.3 Å². The molecule has 0 aliphatic heterocycles. The van der Waals surface area contributed by atoms with Crippen LogP contribution in [0, 0.1) is 13.8 Å². The van der Waals surface area contributed by atoms with Crippen LogP contribution < -0.4 is 4.74 Å². The van der Waals surface area contributed by atoms with E-state index in [0.29, 0.717) is 6.61 Å². The van der Waals surface area contributed by atoms with E-state index in [1.165, 1.54) is 22.5 Å². The molecule has 0 aliphatic rings. The van der Waals surface area contributed by atoms with Crippen LogP contribution in [0.2, 0.25) is 0 Å². The standard InChI is InChI=1S/C15H19NO2S/c1-4-13-14(8-17)19-15(16-13)9-18-12-6-10(2)5-11(3)7-12/h5-7,17H,4,8-9H2,1-3H3. The SMILES string of the molecule is CCc1nc(COc2cc(C)cc(C)c2)sc1CO. The monoisotopic (exact) mass is 277 g/mol. The van der Waals surface area contributed by atoms with Crippen molar-refractivity contribution in [3.63, 3.8) is 0 Å². The number of benzene rings is 1. The molecule has 3 nitrogen and oxygen atoms in total. The highest BCUT2D eigenvalue weighted by atomic mass is 32.1. The van der Waals surface area contributed by atoms with Gasteiger partial charge in [-0.05, 0) is 43.5 Å². The first-order chi connectivity index (χ1) is 9.12. The molecule has 0 atom stereocenters. The summed E-state index contributed by atoms with van der Waals surface area (Å²) in [7, 11) is 0. The van der Waals surface area contributed by atoms with Gasteiger partial charge in [0.05, 0.1) is 17.2 Å².